The van der Waals surface area contributed by atoms with Gasteiger partial charge in [0.25, 0.3) is 11.1 Å². The van der Waals surface area contributed by atoms with Crippen LogP contribution < -0.4 is 5.32 Å². The molecule has 2 aromatic rings. The van der Waals surface area contributed by atoms with Crippen molar-refractivity contribution in [3.63, 3.8) is 0 Å². The number of hydrogen-bond acceptors (Lipinski definition) is 2. The monoisotopic (exact) mass is 277 g/mol. The second-order valence-electron chi connectivity index (χ2n) is 3.79. The highest BCUT2D eigenvalue weighted by Gasteiger charge is 2.11. The van der Waals surface area contributed by atoms with Gasteiger partial charge in [-0.2, -0.15) is 0 Å². The van der Waals surface area contributed by atoms with E-state index in [4.69, 9.17) is 11.6 Å². The molecule has 0 aliphatic rings. The van der Waals surface area contributed by atoms with Crippen LogP contribution in [-0.4, -0.2) is 11.1 Å². The molecular weight excluding hydrogens is 269 g/mol. The second kappa shape index (κ2) is 5.63. The molecule has 0 saturated heterocycles. The van der Waals surface area contributed by atoms with Crippen LogP contribution in [0, 0.1) is 5.82 Å². The molecule has 0 bridgehead atoms. The fourth-order valence-corrected chi connectivity index (χ4v) is 1.69. The molecule has 3 nitrogen and oxygen atoms in total. The van der Waals surface area contributed by atoms with E-state index >= 15 is 0 Å². The summed E-state index contributed by atoms with van der Waals surface area (Å²) in [4.78, 5) is 22.8. The molecular formula is C14H9ClFNO2. The van der Waals surface area contributed by atoms with Gasteiger partial charge in [0, 0.05) is 11.3 Å². The summed E-state index contributed by atoms with van der Waals surface area (Å²) in [5.41, 5.74) is 0.498. The maximum Gasteiger partial charge on any atom is 0.255 e. The van der Waals surface area contributed by atoms with Crippen molar-refractivity contribution in [2.45, 2.75) is 0 Å². The fraction of sp³-hybridized carbons (Fsp3) is 0. The van der Waals surface area contributed by atoms with E-state index in [2.05, 4.69) is 5.32 Å². The Morgan fingerprint density at radius 3 is 2.37 bits per heavy atom. The van der Waals surface area contributed by atoms with Gasteiger partial charge in [-0.05, 0) is 41.9 Å². The predicted octanol–water partition coefficient (Wildman–Crippen LogP) is 3.46. The van der Waals surface area contributed by atoms with Crippen molar-refractivity contribution in [2.75, 3.05) is 5.32 Å². The Labute approximate surface area is 114 Å². The zero-order chi connectivity index (χ0) is 13.8. The molecule has 0 fully saturated rings. The molecule has 2 aromatic carbocycles. The van der Waals surface area contributed by atoms with Gasteiger partial charge >= 0.3 is 0 Å². The van der Waals surface area contributed by atoms with Gasteiger partial charge in [0.1, 0.15) is 5.82 Å². The van der Waals surface area contributed by atoms with Gasteiger partial charge in [0.15, 0.2) is 0 Å². The Kier molecular flexibility index (Phi) is 3.92. The van der Waals surface area contributed by atoms with Crippen molar-refractivity contribution in [3.05, 3.63) is 65.5 Å². The molecule has 96 valence electrons. The van der Waals surface area contributed by atoms with E-state index in [0.29, 0.717) is 11.3 Å². The smallest absolute Gasteiger partial charge is 0.255 e. The lowest BCUT2D eigenvalue weighted by atomic mass is 10.1. The summed E-state index contributed by atoms with van der Waals surface area (Å²) in [6.07, 6.45) is 0. The molecule has 1 amide bonds. The Hall–Kier alpha value is -2.20. The highest BCUT2D eigenvalue weighted by atomic mass is 35.5. The van der Waals surface area contributed by atoms with Crippen molar-refractivity contribution in [1.82, 2.24) is 0 Å². The lowest BCUT2D eigenvalue weighted by Crippen LogP contribution is -2.12. The minimum Gasteiger partial charge on any atom is -0.322 e. The first kappa shape index (κ1) is 13.2. The average Bonchev–Trinajstić information content (AvgIpc) is 2.41. The van der Waals surface area contributed by atoms with Crippen LogP contribution in [0.4, 0.5) is 10.1 Å². The molecule has 0 radical (unpaired) electrons. The molecule has 0 aliphatic heterocycles. The molecule has 0 saturated carbocycles. The quantitative estimate of drug-likeness (QED) is 0.874. The summed E-state index contributed by atoms with van der Waals surface area (Å²) in [5.74, 6) is -1.07. The normalized spacial score (nSPS) is 10.0. The van der Waals surface area contributed by atoms with Crippen LogP contribution in [0.2, 0.25) is 0 Å². The van der Waals surface area contributed by atoms with Crippen molar-refractivity contribution in [3.8, 4) is 0 Å². The third-order valence-corrected chi connectivity index (χ3v) is 2.68. The van der Waals surface area contributed by atoms with Crippen molar-refractivity contribution >= 4 is 28.4 Å². The van der Waals surface area contributed by atoms with E-state index in [1.807, 2.05) is 0 Å². The second-order valence-corrected chi connectivity index (χ2v) is 4.13. The molecule has 0 unspecified atom stereocenters. The number of anilines is 1. The molecule has 0 aliphatic carbocycles. The van der Waals surface area contributed by atoms with E-state index in [0.717, 1.165) is 6.07 Å². The molecule has 2 rings (SSSR count). The summed E-state index contributed by atoms with van der Waals surface area (Å²) in [5, 5.41) is 1.66. The first-order valence-corrected chi connectivity index (χ1v) is 5.81. The number of benzene rings is 2. The number of amides is 1. The highest BCUT2D eigenvalue weighted by Crippen LogP contribution is 2.17. The van der Waals surface area contributed by atoms with Gasteiger partial charge < -0.3 is 5.32 Å². The predicted molar refractivity (Wildman–Crippen MR) is 71.0 cm³/mol. The van der Waals surface area contributed by atoms with Crippen LogP contribution in [0.3, 0.4) is 0 Å². The molecule has 0 atom stereocenters. The number of carbonyl (C=O) groups excluding carboxylic acids is 2. The van der Waals surface area contributed by atoms with Crippen LogP contribution in [0.5, 0.6) is 0 Å². The maximum absolute atomic E-state index is 13.3. The van der Waals surface area contributed by atoms with E-state index in [9.17, 15) is 14.0 Å². The molecule has 1 N–H and O–H groups in total. The average molecular weight is 278 g/mol. The fourth-order valence-electron chi connectivity index (χ4n) is 1.55. The van der Waals surface area contributed by atoms with E-state index in [1.54, 1.807) is 30.3 Å². The van der Waals surface area contributed by atoms with E-state index in [-0.39, 0.29) is 11.5 Å². The van der Waals surface area contributed by atoms with Gasteiger partial charge in [0.2, 0.25) is 0 Å². The molecule has 0 aromatic heterocycles. The first-order valence-electron chi connectivity index (χ1n) is 5.43. The van der Waals surface area contributed by atoms with Gasteiger partial charge in [0.05, 0.1) is 5.56 Å². The van der Waals surface area contributed by atoms with Crippen LogP contribution >= 0.6 is 11.6 Å². The zero-order valence-electron chi connectivity index (χ0n) is 9.69. The Bertz CT molecular complexity index is 629. The summed E-state index contributed by atoms with van der Waals surface area (Å²) in [6, 6.07) is 12.2. The third-order valence-electron chi connectivity index (χ3n) is 2.47. The van der Waals surface area contributed by atoms with Crippen molar-refractivity contribution < 1.29 is 14.0 Å². The Morgan fingerprint density at radius 2 is 1.74 bits per heavy atom. The first-order chi connectivity index (χ1) is 9.08. The summed E-state index contributed by atoms with van der Waals surface area (Å²) < 4.78 is 13.3. The molecule has 0 spiro atoms. The minimum absolute atomic E-state index is 0.271. The number of nitrogens with one attached hydrogen (secondary N) is 1. The number of rotatable bonds is 3. The third kappa shape index (κ3) is 3.17. The number of hydrogen-bond donors (Lipinski definition) is 1. The Morgan fingerprint density at radius 1 is 1.05 bits per heavy atom. The van der Waals surface area contributed by atoms with Gasteiger partial charge in [-0.25, -0.2) is 4.39 Å². The van der Waals surface area contributed by atoms with Crippen LogP contribution in [0.1, 0.15) is 20.7 Å². The summed E-state index contributed by atoms with van der Waals surface area (Å²) in [6.45, 7) is 0. The molecule has 19 heavy (non-hydrogen) atoms. The summed E-state index contributed by atoms with van der Waals surface area (Å²) >= 11 is 5.24. The van der Waals surface area contributed by atoms with E-state index < -0.39 is 11.1 Å². The van der Waals surface area contributed by atoms with Crippen LogP contribution in [0.25, 0.3) is 0 Å². The minimum atomic E-state index is -0.909. The molecule has 0 heterocycles. The van der Waals surface area contributed by atoms with Gasteiger partial charge in [-0.1, -0.05) is 18.2 Å². The zero-order valence-corrected chi connectivity index (χ0v) is 10.4. The van der Waals surface area contributed by atoms with Crippen molar-refractivity contribution in [2.24, 2.45) is 0 Å². The number of halogens is 2. The largest absolute Gasteiger partial charge is 0.322 e. The Balaban J connectivity index is 2.23. The van der Waals surface area contributed by atoms with Crippen LogP contribution in [-0.2, 0) is 0 Å². The highest BCUT2D eigenvalue weighted by molar-refractivity contribution is 6.67. The maximum atomic E-state index is 13.3. The topological polar surface area (TPSA) is 46.2 Å². The van der Waals surface area contributed by atoms with Crippen molar-refractivity contribution in [1.29, 1.82) is 0 Å². The number of carbonyl (C=O) groups is 2. The summed E-state index contributed by atoms with van der Waals surface area (Å²) in [7, 11) is 0. The van der Waals surface area contributed by atoms with Crippen LogP contribution in [0.15, 0.2) is 48.5 Å². The van der Waals surface area contributed by atoms with E-state index in [1.165, 1.54) is 12.1 Å². The van der Waals surface area contributed by atoms with Gasteiger partial charge in [-0.15, -0.1) is 0 Å². The standard InChI is InChI=1S/C14H9ClFNO2/c15-13(18)11-8-10(6-7-12(11)16)17-14(19)9-4-2-1-3-5-9/h1-8H,(H,17,19). The lowest BCUT2D eigenvalue weighted by Gasteiger charge is -2.06. The molecule has 5 heteroatoms. The van der Waals surface area contributed by atoms with Gasteiger partial charge in [-0.3, -0.25) is 9.59 Å². The lowest BCUT2D eigenvalue weighted by molar-refractivity contribution is 0.102. The SMILES string of the molecule is O=C(Nc1ccc(F)c(C(=O)Cl)c1)c1ccccc1.